The number of nitrogens with one attached hydrogen (secondary N) is 7. The summed E-state index contributed by atoms with van der Waals surface area (Å²) in [5, 5.41) is 30.7. The summed E-state index contributed by atoms with van der Waals surface area (Å²) in [5.41, 5.74) is -1.72. The fraction of sp³-hybridized carbons (Fsp3) is 0.194. The minimum Gasteiger partial charge on any atom is -0.423 e. The van der Waals surface area contributed by atoms with Crippen LogP contribution in [0.4, 0.5) is 28.9 Å². The molecule has 0 saturated carbocycles. The van der Waals surface area contributed by atoms with E-state index in [1.54, 1.807) is 83.1 Å². The Hall–Kier alpha value is -7.49. The van der Waals surface area contributed by atoms with Gasteiger partial charge in [-0.3, -0.25) is 29.2 Å². The average Bonchev–Trinajstić information content (AvgIpc) is 1.50. The molecule has 0 amide bonds. The number of benzene rings is 6. The van der Waals surface area contributed by atoms with Crippen LogP contribution in [0, 0.1) is 23.3 Å². The van der Waals surface area contributed by atoms with E-state index in [0.717, 1.165) is 33.2 Å². The Morgan fingerprint density at radius 3 is 1.19 bits per heavy atom. The predicted molar refractivity (Wildman–Crippen MR) is 396 cm³/mol. The van der Waals surface area contributed by atoms with Crippen LogP contribution in [0.2, 0.25) is 0 Å². The molecule has 4 heterocycles. The van der Waals surface area contributed by atoms with E-state index in [0.29, 0.717) is 35.1 Å². The largest absolute Gasteiger partial charge is 0.488 e. The highest BCUT2D eigenvalue weighted by Gasteiger charge is 2.29. The molecule has 6 aromatic carbocycles. The monoisotopic (exact) mass is 1770 g/mol. The number of aromatic nitrogens is 6. The zero-order chi connectivity index (χ0) is 77.3. The predicted octanol–water partition coefficient (Wildman–Crippen LogP) is 9.75. The summed E-state index contributed by atoms with van der Waals surface area (Å²) in [6, 6.07) is 30.4. The van der Waals surface area contributed by atoms with Crippen molar-refractivity contribution in [2.24, 2.45) is 0 Å². The molecule has 556 valence electrons. The van der Waals surface area contributed by atoms with E-state index in [2.05, 4.69) is 92.3 Å². The number of carbonyl (C=O) groups is 2. The first-order chi connectivity index (χ1) is 48.7. The fourth-order valence-electron chi connectivity index (χ4n) is 8.86. The number of hydrogen-bond donors (Lipinski definition) is 9. The molecule has 0 aliphatic carbocycles. The van der Waals surface area contributed by atoms with Gasteiger partial charge >= 0.3 is 7.12 Å². The molecule has 0 fully saturated rings. The molecular formula is C62H62BBr3ClF4N11O16S6. The lowest BCUT2D eigenvalue weighted by Crippen LogP contribution is -2.30. The van der Waals surface area contributed by atoms with Gasteiger partial charge in [-0.1, -0.05) is 90.7 Å². The molecule has 0 spiro atoms. The Balaban J connectivity index is 0.000000222. The van der Waals surface area contributed by atoms with Gasteiger partial charge in [0.15, 0.2) is 22.9 Å². The van der Waals surface area contributed by atoms with Crippen LogP contribution in [-0.2, 0) is 59.2 Å². The minimum atomic E-state index is -3.90. The van der Waals surface area contributed by atoms with Crippen LogP contribution >= 0.6 is 58.5 Å². The van der Waals surface area contributed by atoms with Gasteiger partial charge < -0.3 is 10.0 Å². The molecule has 0 aliphatic rings. The van der Waals surface area contributed by atoms with Gasteiger partial charge in [-0.15, -0.1) is 0 Å². The second-order valence-electron chi connectivity index (χ2n) is 21.2. The summed E-state index contributed by atoms with van der Waals surface area (Å²) < 4.78 is 212. The van der Waals surface area contributed by atoms with E-state index in [1.165, 1.54) is 73.1 Å². The van der Waals surface area contributed by atoms with E-state index >= 15 is 4.39 Å². The second-order valence-corrected chi connectivity index (χ2v) is 35.5. The Morgan fingerprint density at radius 2 is 0.827 bits per heavy atom. The van der Waals surface area contributed by atoms with E-state index in [4.69, 9.17) is 20.7 Å². The molecular weight excluding hydrogens is 1710 g/mol. The van der Waals surface area contributed by atoms with Crippen molar-refractivity contribution in [3.05, 3.63) is 205 Å². The van der Waals surface area contributed by atoms with E-state index in [1.807, 2.05) is 9.44 Å². The van der Waals surface area contributed by atoms with Gasteiger partial charge in [0, 0.05) is 61.7 Å². The molecule has 42 heteroatoms. The van der Waals surface area contributed by atoms with Crippen LogP contribution in [0.15, 0.2) is 179 Å². The zero-order valence-electron chi connectivity index (χ0n) is 54.8. The van der Waals surface area contributed by atoms with Crippen molar-refractivity contribution in [2.45, 2.75) is 67.0 Å². The Labute approximate surface area is 626 Å². The number of H-pyrrole nitrogens is 2. The molecule has 4 aromatic heterocycles. The molecule has 0 aliphatic heterocycles. The zero-order valence-corrected chi connectivity index (χ0v) is 65.2. The summed E-state index contributed by atoms with van der Waals surface area (Å²) in [6.07, 6.45) is 3.50. The Morgan fingerprint density at radius 1 is 0.471 bits per heavy atom. The highest BCUT2D eigenvalue weighted by atomic mass is 79.9. The van der Waals surface area contributed by atoms with Crippen molar-refractivity contribution < 1.29 is 87.7 Å². The lowest BCUT2D eigenvalue weighted by Gasteiger charge is -2.11. The lowest BCUT2D eigenvalue weighted by atomic mass is 9.81. The van der Waals surface area contributed by atoms with Crippen LogP contribution < -0.4 is 29.1 Å². The van der Waals surface area contributed by atoms with Crippen LogP contribution in [0.1, 0.15) is 79.6 Å². The number of carbonyl (C=O) groups excluding carboxylic acids is 2. The first-order valence-corrected chi connectivity index (χ1v) is 42.6. The fourth-order valence-corrected chi connectivity index (χ4v) is 15.9. The van der Waals surface area contributed by atoms with Crippen molar-refractivity contribution in [3.8, 4) is 11.1 Å². The van der Waals surface area contributed by atoms with E-state index in [9.17, 15) is 73.3 Å². The van der Waals surface area contributed by atoms with Crippen molar-refractivity contribution in [1.82, 2.24) is 44.5 Å². The number of halogens is 8. The molecule has 27 nitrogen and oxygen atoms in total. The van der Waals surface area contributed by atoms with Crippen LogP contribution in [-0.4, -0.2) is 141 Å². The van der Waals surface area contributed by atoms with Gasteiger partial charge in [0.2, 0.25) is 61.7 Å². The number of pyridine rings is 2. The topological polar surface area (TPSA) is 423 Å². The normalized spacial score (nSPS) is 11.8. The highest BCUT2D eigenvalue weighted by molar-refractivity contribution is 9.11. The van der Waals surface area contributed by atoms with Crippen LogP contribution in [0.25, 0.3) is 33.2 Å². The maximum absolute atomic E-state index is 15.2. The van der Waals surface area contributed by atoms with Gasteiger partial charge in [0.25, 0.3) is 9.05 Å². The molecule has 0 atom stereocenters. The van der Waals surface area contributed by atoms with E-state index < -0.39 is 124 Å². The summed E-state index contributed by atoms with van der Waals surface area (Å²) >= 11 is 9.61. The Bertz CT molecular complexity index is 5460. The quantitative estimate of drug-likeness (QED) is 0.0117. The second kappa shape index (κ2) is 37.2. The molecule has 10 rings (SSSR count). The maximum Gasteiger partial charge on any atom is 0.488 e. The number of sulfonamides is 5. The average molecular weight is 1770 g/mol. The first-order valence-electron chi connectivity index (χ1n) is 30.1. The third-order valence-electron chi connectivity index (χ3n) is 13.6. The number of ketones is 2. The van der Waals surface area contributed by atoms with Gasteiger partial charge in [0.1, 0.15) is 23.0 Å². The number of aromatic amines is 2. The summed E-state index contributed by atoms with van der Waals surface area (Å²) in [6.45, 7) is 9.31. The maximum atomic E-state index is 15.2. The number of rotatable bonds is 24. The molecule has 0 bridgehead atoms. The summed E-state index contributed by atoms with van der Waals surface area (Å²) in [5.74, 6) is -7.59. The van der Waals surface area contributed by atoms with Crippen LogP contribution in [0.5, 0.6) is 0 Å². The van der Waals surface area contributed by atoms with Crippen molar-refractivity contribution in [1.29, 1.82) is 0 Å². The van der Waals surface area contributed by atoms with Gasteiger partial charge in [-0.25, -0.2) is 92.2 Å². The molecule has 0 unspecified atom stereocenters. The van der Waals surface area contributed by atoms with E-state index in [-0.39, 0.29) is 83.0 Å². The van der Waals surface area contributed by atoms with Gasteiger partial charge in [0.05, 0.1) is 64.4 Å². The number of hydrogen-bond acceptors (Lipinski definition) is 20. The molecule has 0 radical (unpaired) electrons. The summed E-state index contributed by atoms with van der Waals surface area (Å²) in [4.78, 5) is 34.7. The Kier molecular flexibility index (Phi) is 30.5. The lowest BCUT2D eigenvalue weighted by molar-refractivity contribution is 0.101. The van der Waals surface area contributed by atoms with Gasteiger partial charge in [-0.2, -0.15) is 10.2 Å². The molecule has 10 aromatic rings. The third-order valence-corrected chi connectivity index (χ3v) is 24.1. The third kappa shape index (κ3) is 23.3. The SMILES string of the molecule is CCCS(=O)(=O)Nc1ccc(F)c(C(=O)c2[nH]nc3ncc(-c4ccc(S(=O)(=O)NCC)cc4)cc23)c1F.CCCS(=O)(=O)Nc1ccc(F)c(C(=O)c2[nH]nc3ncc(Br)cc23)c1F.CCNS(=O)(=O)c1ccc(B(O)O)cc1.CCNS(=O)(=O)c1ccc(Br)cc1.O=S(=O)(Cl)c1ccc(Br)cc1. The standard InChI is InChI=1S/C24H23F2N5O5S2.C16H13BrF2N4O3S.C8H12BNO4S.C8H10BrNO2S.C6H4BrClO2S/c1-3-11-37(33,34)31-19-10-9-18(25)20(21(19)26)23(32)22-17-12-15(13-27-24(17)30-29-22)14-5-7-16(8-6-14)38(35,36)28-4-2;1-2-5-27(25,26)23-11-4-3-10(18)12(13(11)19)15(24)14-9-6-8(17)7-20-16(9)22-21-14;1-2-10-15(13,14)8-5-3-7(4-6-8)9(11)12;1-2-10-13(11,12)8-5-3-7(9)4-6-8;7-5-1-3-6(4-2-5)11(8,9)10/h5-10,12-13,28,31H,3-4,11H2,1-2H3,(H,27,29,30);3-4,6-7,23H,2,5H2,1H3,(H,20,21,22);3-6,10-12H,2H2,1H3;3-6,10H,2H2,1H3;1-4H. The van der Waals surface area contributed by atoms with Crippen LogP contribution in [0.3, 0.4) is 0 Å². The summed E-state index contributed by atoms with van der Waals surface area (Å²) in [7, 11) is -18.2. The first kappa shape index (κ1) is 85.4. The van der Waals surface area contributed by atoms with Crippen molar-refractivity contribution >= 4 is 175 Å². The van der Waals surface area contributed by atoms with Crippen molar-refractivity contribution in [2.75, 3.05) is 40.6 Å². The number of anilines is 2. The molecule has 9 N–H and O–H groups in total. The number of nitrogens with zero attached hydrogens (tertiary/aromatic N) is 4. The molecule has 0 saturated heterocycles. The highest BCUT2D eigenvalue weighted by Crippen LogP contribution is 2.31. The van der Waals surface area contributed by atoms with Crippen molar-refractivity contribution in [3.63, 3.8) is 0 Å². The molecule has 104 heavy (non-hydrogen) atoms. The van der Waals surface area contributed by atoms with Gasteiger partial charge in [-0.05, 0) is 149 Å². The number of fused-ring (bicyclic) bond motifs is 2. The smallest absolute Gasteiger partial charge is 0.423 e. The minimum absolute atomic E-state index is 0.0664.